The lowest BCUT2D eigenvalue weighted by molar-refractivity contribution is -0.147. The van der Waals surface area contributed by atoms with Crippen LogP contribution in [0.3, 0.4) is 0 Å². The molecular formula is C27H38N2O3S. The molecule has 0 radical (unpaired) electrons. The zero-order valence-corrected chi connectivity index (χ0v) is 20.8. The van der Waals surface area contributed by atoms with Crippen molar-refractivity contribution in [3.05, 3.63) is 36.0 Å². The number of thioether (sulfide) groups is 1. The standard InChI is InChI=1S/C27H38N2O3S/c1-3-27(33-22-10-5-4-6-11-22)25(26(30)31)20(15-17-29-27)9-7-8-19-14-16-28-24-13-12-21(32-2)18-23(19)24/h12-14,16,18,20,22,25,29H,3-11,15,17H2,1-2H3,(H,30,31)/t20-,25-,27?/m1/s1. The maximum absolute atomic E-state index is 12.6. The molecule has 180 valence electrons. The molecule has 0 bridgehead atoms. The number of ether oxygens (including phenoxy) is 1. The Hall–Kier alpha value is -1.79. The molecule has 0 amide bonds. The van der Waals surface area contributed by atoms with Crippen molar-refractivity contribution >= 4 is 28.6 Å². The van der Waals surface area contributed by atoms with Gasteiger partial charge in [-0.3, -0.25) is 9.78 Å². The van der Waals surface area contributed by atoms with Crippen LogP contribution in [0.15, 0.2) is 30.5 Å². The van der Waals surface area contributed by atoms with Crippen molar-refractivity contribution in [1.29, 1.82) is 0 Å². The molecule has 1 aromatic carbocycles. The highest BCUT2D eigenvalue weighted by atomic mass is 32.2. The zero-order valence-electron chi connectivity index (χ0n) is 20.0. The minimum atomic E-state index is -0.628. The highest BCUT2D eigenvalue weighted by molar-refractivity contribution is 8.01. The van der Waals surface area contributed by atoms with E-state index in [1.54, 1.807) is 7.11 Å². The van der Waals surface area contributed by atoms with Gasteiger partial charge < -0.3 is 15.2 Å². The minimum absolute atomic E-state index is 0.211. The van der Waals surface area contributed by atoms with Crippen molar-refractivity contribution in [2.45, 2.75) is 81.3 Å². The Bertz CT molecular complexity index is 946. The number of hydrogen-bond donors (Lipinski definition) is 2. The van der Waals surface area contributed by atoms with Crippen molar-refractivity contribution in [1.82, 2.24) is 10.3 Å². The molecule has 1 aliphatic carbocycles. The number of carboxylic acid groups (broad SMARTS) is 1. The fraction of sp³-hybridized carbons (Fsp3) is 0.630. The third-order valence-electron chi connectivity index (χ3n) is 7.69. The van der Waals surface area contributed by atoms with Gasteiger partial charge in [-0.2, -0.15) is 0 Å². The van der Waals surface area contributed by atoms with E-state index >= 15 is 0 Å². The predicted octanol–water partition coefficient (Wildman–Crippen LogP) is 6.05. The number of piperidine rings is 1. The third-order valence-corrected chi connectivity index (χ3v) is 9.61. The average molecular weight is 471 g/mol. The molecule has 33 heavy (non-hydrogen) atoms. The van der Waals surface area contributed by atoms with E-state index in [-0.39, 0.29) is 16.7 Å². The number of carbonyl (C=O) groups is 1. The smallest absolute Gasteiger partial charge is 0.309 e. The van der Waals surface area contributed by atoms with Crippen LogP contribution in [0, 0.1) is 11.8 Å². The first kappa shape index (κ1) is 24.3. The van der Waals surface area contributed by atoms with Gasteiger partial charge in [0.05, 0.1) is 23.4 Å². The van der Waals surface area contributed by atoms with Gasteiger partial charge in [0.2, 0.25) is 0 Å². The predicted molar refractivity (Wildman–Crippen MR) is 136 cm³/mol. The number of nitrogens with one attached hydrogen (secondary N) is 1. The van der Waals surface area contributed by atoms with Crippen LogP contribution in [0.2, 0.25) is 0 Å². The molecule has 2 aliphatic rings. The topological polar surface area (TPSA) is 71.5 Å². The Kier molecular flexibility index (Phi) is 8.18. The van der Waals surface area contributed by atoms with Crippen molar-refractivity contribution < 1.29 is 14.6 Å². The summed E-state index contributed by atoms with van der Waals surface area (Å²) in [7, 11) is 1.69. The van der Waals surface area contributed by atoms with Crippen molar-refractivity contribution in [2.75, 3.05) is 13.7 Å². The SMILES string of the molecule is CCC1(SC2CCCCC2)NCC[C@@H](CCCc2ccnc3ccc(OC)cc23)[C@@H]1C(=O)O. The van der Waals surface area contributed by atoms with E-state index in [2.05, 4.69) is 29.4 Å². The van der Waals surface area contributed by atoms with Gasteiger partial charge in [0.25, 0.3) is 0 Å². The lowest BCUT2D eigenvalue weighted by Crippen LogP contribution is -2.58. The summed E-state index contributed by atoms with van der Waals surface area (Å²) in [5.74, 6) is 0.0878. The Labute approximate surface area is 202 Å². The van der Waals surface area contributed by atoms with Crippen molar-refractivity contribution in [2.24, 2.45) is 11.8 Å². The fourth-order valence-corrected chi connectivity index (χ4v) is 7.90. The summed E-state index contributed by atoms with van der Waals surface area (Å²) in [4.78, 5) is 16.7. The molecule has 4 rings (SSSR count). The van der Waals surface area contributed by atoms with E-state index in [4.69, 9.17) is 4.74 Å². The molecule has 2 fully saturated rings. The first-order chi connectivity index (χ1) is 16.1. The van der Waals surface area contributed by atoms with Gasteiger partial charge in [-0.05, 0) is 87.2 Å². The number of fused-ring (bicyclic) bond motifs is 1. The first-order valence-corrected chi connectivity index (χ1v) is 13.5. The molecular weight excluding hydrogens is 432 g/mol. The molecule has 0 spiro atoms. The zero-order chi connectivity index (χ0) is 23.3. The fourth-order valence-electron chi connectivity index (χ4n) is 5.94. The van der Waals surface area contributed by atoms with E-state index in [1.165, 1.54) is 37.7 Å². The number of benzene rings is 1. The molecule has 1 aromatic heterocycles. The normalized spacial score (nSPS) is 26.4. The molecule has 6 heteroatoms. The summed E-state index contributed by atoms with van der Waals surface area (Å²) < 4.78 is 5.41. The van der Waals surface area contributed by atoms with E-state index < -0.39 is 5.97 Å². The maximum atomic E-state index is 12.6. The Balaban J connectivity index is 1.47. The number of carboxylic acids is 1. The maximum Gasteiger partial charge on any atom is 0.309 e. The number of methoxy groups -OCH3 is 1. The second kappa shape index (κ2) is 11.1. The molecule has 1 saturated carbocycles. The van der Waals surface area contributed by atoms with E-state index in [1.807, 2.05) is 30.1 Å². The minimum Gasteiger partial charge on any atom is -0.497 e. The van der Waals surface area contributed by atoms with Crippen LogP contribution in [0.25, 0.3) is 10.9 Å². The van der Waals surface area contributed by atoms with Gasteiger partial charge in [0.15, 0.2) is 0 Å². The van der Waals surface area contributed by atoms with Crippen LogP contribution in [0.5, 0.6) is 5.75 Å². The number of hydrogen-bond acceptors (Lipinski definition) is 5. The third kappa shape index (κ3) is 5.48. The van der Waals surface area contributed by atoms with Crippen LogP contribution in [-0.2, 0) is 11.2 Å². The largest absolute Gasteiger partial charge is 0.497 e. The van der Waals surface area contributed by atoms with Crippen LogP contribution in [0.4, 0.5) is 0 Å². The number of aromatic nitrogens is 1. The Morgan fingerprint density at radius 2 is 2.06 bits per heavy atom. The summed E-state index contributed by atoms with van der Waals surface area (Å²) in [6, 6.07) is 8.10. The second-order valence-corrected chi connectivity index (χ2v) is 11.3. The average Bonchev–Trinajstić information content (AvgIpc) is 2.84. The first-order valence-electron chi connectivity index (χ1n) is 12.6. The molecule has 1 aliphatic heterocycles. The summed E-state index contributed by atoms with van der Waals surface area (Å²) in [6.45, 7) is 3.08. The quantitative estimate of drug-likeness (QED) is 0.465. The van der Waals surface area contributed by atoms with Gasteiger partial charge in [-0.1, -0.05) is 26.2 Å². The number of rotatable bonds is 9. The lowest BCUT2D eigenvalue weighted by Gasteiger charge is -2.48. The molecule has 2 N–H and O–H groups in total. The molecule has 2 heterocycles. The van der Waals surface area contributed by atoms with Gasteiger partial charge in [-0.25, -0.2) is 0 Å². The highest BCUT2D eigenvalue weighted by Gasteiger charge is 2.49. The molecule has 2 aromatic rings. The van der Waals surface area contributed by atoms with Gasteiger partial charge in [-0.15, -0.1) is 11.8 Å². The highest BCUT2D eigenvalue weighted by Crippen LogP contribution is 2.48. The van der Waals surface area contributed by atoms with Crippen LogP contribution in [0.1, 0.15) is 70.3 Å². The number of nitrogens with zero attached hydrogens (tertiary/aromatic N) is 1. The molecule has 5 nitrogen and oxygen atoms in total. The van der Waals surface area contributed by atoms with E-state index in [9.17, 15) is 9.90 Å². The summed E-state index contributed by atoms with van der Waals surface area (Å²) in [5, 5.41) is 15.8. The van der Waals surface area contributed by atoms with Crippen molar-refractivity contribution in [3.8, 4) is 5.75 Å². The summed E-state index contributed by atoms with van der Waals surface area (Å²) >= 11 is 1.95. The number of aliphatic carboxylic acids is 1. The van der Waals surface area contributed by atoms with E-state index in [0.717, 1.165) is 55.3 Å². The second-order valence-electron chi connectivity index (χ2n) is 9.66. The van der Waals surface area contributed by atoms with Crippen molar-refractivity contribution in [3.63, 3.8) is 0 Å². The van der Waals surface area contributed by atoms with Crippen LogP contribution < -0.4 is 10.1 Å². The van der Waals surface area contributed by atoms with Gasteiger partial charge in [0, 0.05) is 16.8 Å². The Morgan fingerprint density at radius 3 is 2.79 bits per heavy atom. The van der Waals surface area contributed by atoms with Crippen LogP contribution >= 0.6 is 11.8 Å². The summed E-state index contributed by atoms with van der Waals surface area (Å²) in [5.41, 5.74) is 2.24. The molecule has 1 unspecified atom stereocenters. The molecule has 3 atom stereocenters. The van der Waals surface area contributed by atoms with Gasteiger partial charge >= 0.3 is 5.97 Å². The van der Waals surface area contributed by atoms with E-state index in [0.29, 0.717) is 5.25 Å². The number of aryl methyl sites for hydroxylation is 1. The summed E-state index contributed by atoms with van der Waals surface area (Å²) in [6.07, 6.45) is 12.9. The Morgan fingerprint density at radius 1 is 1.24 bits per heavy atom. The number of pyridine rings is 1. The van der Waals surface area contributed by atoms with Crippen LogP contribution in [-0.4, -0.2) is 39.8 Å². The monoisotopic (exact) mass is 470 g/mol. The van der Waals surface area contributed by atoms with Gasteiger partial charge in [0.1, 0.15) is 5.75 Å². The lowest BCUT2D eigenvalue weighted by atomic mass is 9.76. The molecule has 1 saturated heterocycles.